The van der Waals surface area contributed by atoms with Gasteiger partial charge in [0, 0.05) is 0 Å². The molecule has 1 aromatic rings. The summed E-state index contributed by atoms with van der Waals surface area (Å²) >= 11 is 16.0. The van der Waals surface area contributed by atoms with Crippen molar-refractivity contribution < 1.29 is 0 Å². The number of anilines is 1. The van der Waals surface area contributed by atoms with Crippen LogP contribution >= 0.6 is 35.4 Å². The fraction of sp³-hybridized carbons (Fsp3) is 0. The third-order valence-corrected chi connectivity index (χ3v) is 2.07. The van der Waals surface area contributed by atoms with Crippen LogP contribution in [0.1, 0.15) is 0 Å². The van der Waals surface area contributed by atoms with E-state index >= 15 is 0 Å². The Labute approximate surface area is 96.1 Å². The number of thiocarbonyl (C=S) groups is 1. The van der Waals surface area contributed by atoms with Gasteiger partial charge in [-0.2, -0.15) is 0 Å². The Kier molecular flexibility index (Phi) is 4.06. The van der Waals surface area contributed by atoms with E-state index in [0.717, 1.165) is 0 Å². The number of hydrogen-bond acceptors (Lipinski definition) is 2. The van der Waals surface area contributed by atoms with Crippen molar-refractivity contribution in [2.45, 2.75) is 0 Å². The third kappa shape index (κ3) is 3.45. The summed E-state index contributed by atoms with van der Waals surface area (Å²) in [6, 6.07) is 4.96. The molecular weight excluding hydrogens is 243 g/mol. The molecule has 0 atom stereocenters. The maximum atomic E-state index is 5.76. The van der Waals surface area contributed by atoms with Gasteiger partial charge in [0.2, 0.25) is 5.11 Å². The SMILES string of the molecule is NC(=S)/N=N/Nc1ccc(Cl)c(Cl)c1. The molecule has 0 aliphatic heterocycles. The van der Waals surface area contributed by atoms with Crippen molar-refractivity contribution in [1.82, 2.24) is 0 Å². The van der Waals surface area contributed by atoms with Gasteiger partial charge in [-0.3, -0.25) is 5.43 Å². The van der Waals surface area contributed by atoms with Crippen molar-refractivity contribution >= 4 is 46.2 Å². The van der Waals surface area contributed by atoms with Crippen LogP contribution in [-0.2, 0) is 0 Å². The van der Waals surface area contributed by atoms with Gasteiger partial charge in [0.25, 0.3) is 0 Å². The monoisotopic (exact) mass is 248 g/mol. The first-order valence-corrected chi connectivity index (χ1v) is 4.67. The molecule has 1 aromatic carbocycles. The van der Waals surface area contributed by atoms with E-state index in [2.05, 4.69) is 28.0 Å². The van der Waals surface area contributed by atoms with E-state index in [-0.39, 0.29) is 5.11 Å². The molecule has 0 aromatic heterocycles. The molecule has 14 heavy (non-hydrogen) atoms. The second-order valence-corrected chi connectivity index (χ2v) is 3.51. The van der Waals surface area contributed by atoms with Crippen molar-refractivity contribution in [3.63, 3.8) is 0 Å². The van der Waals surface area contributed by atoms with Crippen LogP contribution < -0.4 is 11.2 Å². The van der Waals surface area contributed by atoms with Crippen LogP contribution in [0.2, 0.25) is 10.0 Å². The summed E-state index contributed by atoms with van der Waals surface area (Å²) in [4.78, 5) is 0. The van der Waals surface area contributed by atoms with Gasteiger partial charge in [-0.1, -0.05) is 28.4 Å². The highest BCUT2D eigenvalue weighted by atomic mass is 35.5. The Bertz CT molecular complexity index is 380. The van der Waals surface area contributed by atoms with Crippen LogP contribution in [0.3, 0.4) is 0 Å². The molecule has 74 valence electrons. The second kappa shape index (κ2) is 5.09. The first-order valence-electron chi connectivity index (χ1n) is 3.51. The molecule has 0 radical (unpaired) electrons. The molecule has 0 unspecified atom stereocenters. The van der Waals surface area contributed by atoms with Crippen molar-refractivity contribution in [3.05, 3.63) is 28.2 Å². The number of nitrogens with two attached hydrogens (primary N) is 1. The summed E-state index contributed by atoms with van der Waals surface area (Å²) in [5.41, 5.74) is 8.34. The summed E-state index contributed by atoms with van der Waals surface area (Å²) in [7, 11) is 0. The first-order chi connectivity index (χ1) is 6.59. The minimum atomic E-state index is -0.0439. The zero-order valence-electron chi connectivity index (χ0n) is 6.87. The van der Waals surface area contributed by atoms with E-state index < -0.39 is 0 Å². The minimum absolute atomic E-state index is 0.0439. The molecule has 1 rings (SSSR count). The maximum Gasteiger partial charge on any atom is 0.213 e. The lowest BCUT2D eigenvalue weighted by atomic mass is 10.3. The summed E-state index contributed by atoms with van der Waals surface area (Å²) in [5.74, 6) is 0. The second-order valence-electron chi connectivity index (χ2n) is 2.28. The number of hydrogen-bond donors (Lipinski definition) is 2. The molecule has 0 saturated heterocycles. The molecule has 3 N–H and O–H groups in total. The van der Waals surface area contributed by atoms with Gasteiger partial charge in [-0.15, -0.1) is 5.11 Å². The lowest BCUT2D eigenvalue weighted by Gasteiger charge is -2.00. The molecule has 0 amide bonds. The van der Waals surface area contributed by atoms with E-state index in [1.54, 1.807) is 18.2 Å². The van der Waals surface area contributed by atoms with E-state index in [1.165, 1.54) is 0 Å². The summed E-state index contributed by atoms with van der Waals surface area (Å²) < 4.78 is 0. The van der Waals surface area contributed by atoms with Gasteiger partial charge in [-0.25, -0.2) is 0 Å². The Balaban J connectivity index is 2.69. The van der Waals surface area contributed by atoms with Crippen LogP contribution in [0.25, 0.3) is 0 Å². The van der Waals surface area contributed by atoms with Crippen LogP contribution in [0, 0.1) is 0 Å². The Morgan fingerprint density at radius 3 is 2.64 bits per heavy atom. The predicted octanol–water partition coefficient (Wildman–Crippen LogP) is 3.02. The van der Waals surface area contributed by atoms with Gasteiger partial charge in [0.1, 0.15) is 0 Å². The predicted molar refractivity (Wildman–Crippen MR) is 61.7 cm³/mol. The normalized spacial score (nSPS) is 10.4. The van der Waals surface area contributed by atoms with Crippen LogP contribution in [0.5, 0.6) is 0 Å². The zero-order valence-corrected chi connectivity index (χ0v) is 9.20. The molecule has 0 spiro atoms. The average molecular weight is 249 g/mol. The topological polar surface area (TPSA) is 62.8 Å². The largest absolute Gasteiger partial charge is 0.373 e. The van der Waals surface area contributed by atoms with Crippen molar-refractivity contribution in [3.8, 4) is 0 Å². The lowest BCUT2D eigenvalue weighted by molar-refractivity contribution is 1.16. The number of benzene rings is 1. The fourth-order valence-corrected chi connectivity index (χ4v) is 1.04. The molecule has 0 saturated carbocycles. The summed E-state index contributed by atoms with van der Waals surface area (Å²) in [6.45, 7) is 0. The van der Waals surface area contributed by atoms with Crippen molar-refractivity contribution in [2.75, 3.05) is 5.43 Å². The molecule has 0 aliphatic carbocycles. The molecule has 4 nitrogen and oxygen atoms in total. The quantitative estimate of drug-likeness (QED) is 0.481. The van der Waals surface area contributed by atoms with E-state index in [9.17, 15) is 0 Å². The van der Waals surface area contributed by atoms with Crippen LogP contribution in [0.4, 0.5) is 5.69 Å². The van der Waals surface area contributed by atoms with Crippen LogP contribution in [0.15, 0.2) is 28.5 Å². The number of halogens is 2. The maximum absolute atomic E-state index is 5.76. The smallest absolute Gasteiger partial charge is 0.213 e. The minimum Gasteiger partial charge on any atom is -0.373 e. The molecule has 0 bridgehead atoms. The molecule has 0 heterocycles. The van der Waals surface area contributed by atoms with Crippen molar-refractivity contribution in [1.29, 1.82) is 0 Å². The Morgan fingerprint density at radius 1 is 1.36 bits per heavy atom. The van der Waals surface area contributed by atoms with Crippen molar-refractivity contribution in [2.24, 2.45) is 16.1 Å². The number of rotatable bonds is 2. The Hall–Kier alpha value is -0.910. The average Bonchev–Trinajstić information content (AvgIpc) is 2.10. The highest BCUT2D eigenvalue weighted by Gasteiger charge is 1.97. The van der Waals surface area contributed by atoms with E-state index in [1.807, 2.05) is 0 Å². The van der Waals surface area contributed by atoms with Gasteiger partial charge >= 0.3 is 0 Å². The first kappa shape index (κ1) is 11.2. The zero-order chi connectivity index (χ0) is 10.6. The highest BCUT2D eigenvalue weighted by molar-refractivity contribution is 7.80. The number of nitrogens with one attached hydrogen (secondary N) is 1. The standard InChI is InChI=1S/C7H6Cl2N4S/c8-5-2-1-4(3-6(5)9)11-13-12-7(10)14/h1-3H,(H3,10,11,12,14). The van der Waals surface area contributed by atoms with Gasteiger partial charge < -0.3 is 5.73 Å². The Morgan fingerprint density at radius 2 is 2.07 bits per heavy atom. The summed E-state index contributed by atoms with van der Waals surface area (Å²) in [6.07, 6.45) is 0. The molecular formula is C7H6Cl2N4S. The summed E-state index contributed by atoms with van der Waals surface area (Å²) in [5, 5.41) is 7.80. The van der Waals surface area contributed by atoms with Crippen LogP contribution in [-0.4, -0.2) is 5.11 Å². The van der Waals surface area contributed by atoms with E-state index in [0.29, 0.717) is 15.7 Å². The molecule has 0 fully saturated rings. The van der Waals surface area contributed by atoms with Gasteiger partial charge in [0.15, 0.2) is 0 Å². The van der Waals surface area contributed by atoms with Gasteiger partial charge in [0.05, 0.1) is 15.7 Å². The molecule has 0 aliphatic rings. The molecule has 7 heteroatoms. The number of nitrogens with zero attached hydrogens (tertiary/aromatic N) is 2. The highest BCUT2D eigenvalue weighted by Crippen LogP contribution is 2.24. The third-order valence-electron chi connectivity index (χ3n) is 1.25. The fourth-order valence-electron chi connectivity index (χ4n) is 0.698. The van der Waals surface area contributed by atoms with E-state index in [4.69, 9.17) is 28.9 Å². The lowest BCUT2D eigenvalue weighted by Crippen LogP contribution is -2.02. The van der Waals surface area contributed by atoms with Gasteiger partial charge in [-0.05, 0) is 30.4 Å².